The van der Waals surface area contributed by atoms with Crippen LogP contribution in [0.2, 0.25) is 0 Å². The number of halogens is 1. The molecule has 0 amide bonds. The highest BCUT2D eigenvalue weighted by Gasteiger charge is 2.27. The van der Waals surface area contributed by atoms with Crippen molar-refractivity contribution < 1.29 is 8.42 Å². The van der Waals surface area contributed by atoms with Gasteiger partial charge in [0.1, 0.15) is 0 Å². The Morgan fingerprint density at radius 3 is 2.80 bits per heavy atom. The van der Waals surface area contributed by atoms with Gasteiger partial charge in [-0.2, -0.15) is 4.31 Å². The molecule has 1 aromatic rings. The Hall–Kier alpha value is -0.690. The molecule has 0 spiro atoms. The molecular formula is C14H19BrN2O2S. The van der Waals surface area contributed by atoms with Crippen molar-refractivity contribution in [3.8, 4) is 0 Å². The first-order valence-electron chi connectivity index (χ1n) is 6.54. The molecule has 0 saturated heterocycles. The van der Waals surface area contributed by atoms with E-state index in [0.717, 1.165) is 17.6 Å². The van der Waals surface area contributed by atoms with Crippen molar-refractivity contribution >= 4 is 26.0 Å². The molecule has 2 rings (SSSR count). The summed E-state index contributed by atoms with van der Waals surface area (Å²) in [5, 5.41) is 3.04. The molecule has 0 saturated carbocycles. The quantitative estimate of drug-likeness (QED) is 0.841. The molecule has 1 aliphatic heterocycles. The van der Waals surface area contributed by atoms with Crippen LogP contribution in [0.5, 0.6) is 0 Å². The van der Waals surface area contributed by atoms with E-state index < -0.39 is 10.0 Å². The predicted octanol–water partition coefficient (Wildman–Crippen LogP) is 2.51. The zero-order valence-electron chi connectivity index (χ0n) is 11.7. The zero-order chi connectivity index (χ0) is 14.8. The first-order valence-corrected chi connectivity index (χ1v) is 8.77. The molecule has 1 N–H and O–H groups in total. The maximum atomic E-state index is 12.8. The van der Waals surface area contributed by atoms with Gasteiger partial charge in [0.15, 0.2) is 0 Å². The SMILES string of the molecule is CNCc1ccc(Br)c(S(=O)(=O)N2CCC=C(C)C2)c1. The van der Waals surface area contributed by atoms with Gasteiger partial charge in [0.2, 0.25) is 10.0 Å². The van der Waals surface area contributed by atoms with E-state index >= 15 is 0 Å². The highest BCUT2D eigenvalue weighted by atomic mass is 79.9. The lowest BCUT2D eigenvalue weighted by atomic mass is 10.2. The summed E-state index contributed by atoms with van der Waals surface area (Å²) in [4.78, 5) is 0.347. The third kappa shape index (κ3) is 3.31. The standard InChI is InChI=1S/C14H19BrN2O2S/c1-11-4-3-7-17(10-11)20(18,19)14-8-12(9-16-2)5-6-13(14)15/h4-6,8,16H,3,7,9-10H2,1-2H3. The largest absolute Gasteiger partial charge is 0.316 e. The molecule has 1 aromatic carbocycles. The van der Waals surface area contributed by atoms with Crippen LogP contribution in [0.15, 0.2) is 39.2 Å². The van der Waals surface area contributed by atoms with E-state index in [4.69, 9.17) is 0 Å². The number of nitrogens with one attached hydrogen (secondary N) is 1. The molecule has 1 heterocycles. The van der Waals surface area contributed by atoms with Crippen LogP contribution in [0.4, 0.5) is 0 Å². The highest BCUT2D eigenvalue weighted by Crippen LogP contribution is 2.28. The third-order valence-corrected chi connectivity index (χ3v) is 6.13. The number of hydrogen-bond acceptors (Lipinski definition) is 3. The van der Waals surface area contributed by atoms with Crippen molar-refractivity contribution in [3.05, 3.63) is 39.9 Å². The van der Waals surface area contributed by atoms with Gasteiger partial charge in [-0.3, -0.25) is 0 Å². The fraction of sp³-hybridized carbons (Fsp3) is 0.429. The van der Waals surface area contributed by atoms with E-state index in [0.29, 0.717) is 29.0 Å². The topological polar surface area (TPSA) is 49.4 Å². The van der Waals surface area contributed by atoms with E-state index in [1.807, 2.05) is 20.0 Å². The fourth-order valence-corrected chi connectivity index (χ4v) is 4.75. The first-order chi connectivity index (χ1) is 9.45. The normalized spacial score (nSPS) is 17.1. The van der Waals surface area contributed by atoms with Crippen molar-refractivity contribution in [1.29, 1.82) is 0 Å². The Balaban J connectivity index is 2.38. The summed E-state index contributed by atoms with van der Waals surface area (Å²) >= 11 is 3.36. The lowest BCUT2D eigenvalue weighted by Gasteiger charge is -2.26. The second-order valence-corrected chi connectivity index (χ2v) is 7.73. The minimum absolute atomic E-state index is 0.347. The van der Waals surface area contributed by atoms with Crippen LogP contribution in [0.1, 0.15) is 18.9 Å². The second kappa shape index (κ2) is 6.39. The maximum absolute atomic E-state index is 12.8. The van der Waals surface area contributed by atoms with Gasteiger partial charge in [0, 0.05) is 24.1 Å². The van der Waals surface area contributed by atoms with Crippen LogP contribution in [-0.2, 0) is 16.6 Å². The van der Waals surface area contributed by atoms with Gasteiger partial charge in [-0.05, 0) is 54.0 Å². The van der Waals surface area contributed by atoms with Gasteiger partial charge in [-0.25, -0.2) is 8.42 Å². The average molecular weight is 359 g/mol. The Kier molecular flexibility index (Phi) is 5.01. The molecule has 4 nitrogen and oxygen atoms in total. The van der Waals surface area contributed by atoms with Gasteiger partial charge in [-0.1, -0.05) is 17.7 Å². The Labute approximate surface area is 129 Å². The molecule has 0 aliphatic carbocycles. The predicted molar refractivity (Wildman–Crippen MR) is 84.0 cm³/mol. The minimum Gasteiger partial charge on any atom is -0.316 e. The highest BCUT2D eigenvalue weighted by molar-refractivity contribution is 9.10. The molecule has 0 radical (unpaired) electrons. The van der Waals surface area contributed by atoms with Gasteiger partial charge in [0.05, 0.1) is 4.90 Å². The molecular weight excluding hydrogens is 340 g/mol. The molecule has 20 heavy (non-hydrogen) atoms. The van der Waals surface area contributed by atoms with Gasteiger partial charge < -0.3 is 5.32 Å². The smallest absolute Gasteiger partial charge is 0.244 e. The summed E-state index contributed by atoms with van der Waals surface area (Å²) in [6.07, 6.45) is 2.87. The van der Waals surface area contributed by atoms with E-state index in [2.05, 4.69) is 27.3 Å². The number of benzene rings is 1. The first kappa shape index (κ1) is 15.7. The summed E-state index contributed by atoms with van der Waals surface area (Å²) < 4.78 is 27.7. The van der Waals surface area contributed by atoms with Crippen LogP contribution >= 0.6 is 15.9 Å². The molecule has 0 atom stereocenters. The molecule has 1 aliphatic rings. The van der Waals surface area contributed by atoms with Crippen LogP contribution < -0.4 is 5.32 Å². The van der Waals surface area contributed by atoms with Crippen LogP contribution in [0, 0.1) is 0 Å². The molecule has 0 aromatic heterocycles. The van der Waals surface area contributed by atoms with E-state index in [1.54, 1.807) is 16.4 Å². The summed E-state index contributed by atoms with van der Waals surface area (Å²) in [6.45, 7) is 3.64. The fourth-order valence-electron chi connectivity index (χ4n) is 2.28. The average Bonchev–Trinajstić information content (AvgIpc) is 2.41. The van der Waals surface area contributed by atoms with Crippen molar-refractivity contribution in [3.63, 3.8) is 0 Å². The molecule has 0 unspecified atom stereocenters. The van der Waals surface area contributed by atoms with Crippen molar-refractivity contribution in [1.82, 2.24) is 9.62 Å². The van der Waals surface area contributed by atoms with E-state index in [1.165, 1.54) is 0 Å². The minimum atomic E-state index is -3.45. The van der Waals surface area contributed by atoms with E-state index in [-0.39, 0.29) is 0 Å². The van der Waals surface area contributed by atoms with Gasteiger partial charge >= 0.3 is 0 Å². The lowest BCUT2D eigenvalue weighted by molar-refractivity contribution is 0.427. The van der Waals surface area contributed by atoms with Crippen molar-refractivity contribution in [2.24, 2.45) is 0 Å². The van der Waals surface area contributed by atoms with Crippen molar-refractivity contribution in [2.75, 3.05) is 20.1 Å². The summed E-state index contributed by atoms with van der Waals surface area (Å²) in [7, 11) is -1.61. The van der Waals surface area contributed by atoms with Crippen molar-refractivity contribution in [2.45, 2.75) is 24.8 Å². The summed E-state index contributed by atoms with van der Waals surface area (Å²) in [5.41, 5.74) is 2.06. The van der Waals surface area contributed by atoms with Gasteiger partial charge in [0.25, 0.3) is 0 Å². The number of rotatable bonds is 4. The van der Waals surface area contributed by atoms with Crippen LogP contribution in [0.3, 0.4) is 0 Å². The number of nitrogens with zero attached hydrogens (tertiary/aromatic N) is 1. The zero-order valence-corrected chi connectivity index (χ0v) is 14.1. The monoisotopic (exact) mass is 358 g/mol. The summed E-state index contributed by atoms with van der Waals surface area (Å²) in [5.74, 6) is 0. The van der Waals surface area contributed by atoms with Crippen LogP contribution in [-0.4, -0.2) is 32.9 Å². The Morgan fingerprint density at radius 2 is 2.15 bits per heavy atom. The molecule has 110 valence electrons. The number of sulfonamides is 1. The molecule has 6 heteroatoms. The van der Waals surface area contributed by atoms with Crippen LogP contribution in [0.25, 0.3) is 0 Å². The summed E-state index contributed by atoms with van der Waals surface area (Å²) in [6, 6.07) is 5.46. The third-order valence-electron chi connectivity index (χ3n) is 3.29. The molecule has 0 bridgehead atoms. The van der Waals surface area contributed by atoms with Gasteiger partial charge in [-0.15, -0.1) is 0 Å². The lowest BCUT2D eigenvalue weighted by Crippen LogP contribution is -2.35. The second-order valence-electron chi connectivity index (χ2n) is 4.97. The number of hydrogen-bond donors (Lipinski definition) is 1. The Bertz CT molecular complexity index is 626. The maximum Gasteiger partial charge on any atom is 0.244 e. The Morgan fingerprint density at radius 1 is 1.40 bits per heavy atom. The molecule has 0 fully saturated rings. The van der Waals surface area contributed by atoms with E-state index in [9.17, 15) is 8.42 Å².